The molecule has 0 fully saturated rings. The molecule has 0 N–H and O–H groups in total. The topological polar surface area (TPSA) is 41.6 Å². The van der Waals surface area contributed by atoms with E-state index in [9.17, 15) is 0 Å². The van der Waals surface area contributed by atoms with Gasteiger partial charge in [-0.2, -0.15) is 5.26 Å². The van der Waals surface area contributed by atoms with Crippen LogP contribution in [0.2, 0.25) is 0 Å². The number of nitriles is 1. The number of rotatable bonds is 2. The van der Waals surface area contributed by atoms with Gasteiger partial charge in [-0.25, -0.2) is 4.98 Å². The van der Waals surface area contributed by atoms with Gasteiger partial charge < -0.3 is 4.57 Å². The van der Waals surface area contributed by atoms with Crippen LogP contribution in [0.4, 0.5) is 0 Å². The Kier molecular flexibility index (Phi) is 2.61. The van der Waals surface area contributed by atoms with Crippen LogP contribution in [0.25, 0.3) is 11.0 Å². The van der Waals surface area contributed by atoms with Gasteiger partial charge in [-0.15, -0.1) is 11.6 Å². The summed E-state index contributed by atoms with van der Waals surface area (Å²) in [5, 5.41) is 8.17. The minimum Gasteiger partial charge on any atom is -0.326 e. The summed E-state index contributed by atoms with van der Waals surface area (Å²) in [4.78, 5) is 4.40. The quantitative estimate of drug-likeness (QED) is 0.729. The van der Waals surface area contributed by atoms with Gasteiger partial charge in [-0.05, 0) is 19.1 Å². The molecule has 0 aliphatic carbocycles. The molecule has 0 spiro atoms. The number of hydrogen-bond acceptors (Lipinski definition) is 2. The van der Waals surface area contributed by atoms with Crippen LogP contribution in [0.3, 0.4) is 0 Å². The minimum absolute atomic E-state index is 0.477. The van der Waals surface area contributed by atoms with Crippen molar-refractivity contribution in [1.82, 2.24) is 9.55 Å². The molecule has 15 heavy (non-hydrogen) atoms. The highest BCUT2D eigenvalue weighted by Gasteiger charge is 2.10. The smallest absolute Gasteiger partial charge is 0.138 e. The number of halogens is 1. The maximum Gasteiger partial charge on any atom is 0.138 e. The number of aromatic nitrogens is 2. The van der Waals surface area contributed by atoms with Gasteiger partial charge in [0.25, 0.3) is 0 Å². The van der Waals surface area contributed by atoms with Crippen LogP contribution in [0, 0.1) is 18.3 Å². The molecule has 4 heteroatoms. The molecule has 0 saturated heterocycles. The molecule has 2 rings (SSSR count). The zero-order valence-corrected chi connectivity index (χ0v) is 9.07. The first-order valence-electron chi connectivity index (χ1n) is 4.68. The van der Waals surface area contributed by atoms with E-state index in [4.69, 9.17) is 16.9 Å². The summed E-state index contributed by atoms with van der Waals surface area (Å²) in [5.41, 5.74) is 1.97. The van der Waals surface area contributed by atoms with Crippen LogP contribution >= 0.6 is 11.6 Å². The summed E-state index contributed by atoms with van der Waals surface area (Å²) in [6.07, 6.45) is 0. The summed E-state index contributed by atoms with van der Waals surface area (Å²) in [7, 11) is 0. The number of hydrogen-bond donors (Lipinski definition) is 0. The lowest BCUT2D eigenvalue weighted by Gasteiger charge is -2.06. The summed E-state index contributed by atoms with van der Waals surface area (Å²) in [6, 6.07) is 9.85. The van der Waals surface area contributed by atoms with Crippen LogP contribution in [0.15, 0.2) is 24.3 Å². The molecule has 76 valence electrons. The molecule has 1 atom stereocenters. The molecule has 0 aliphatic heterocycles. The second-order valence-electron chi connectivity index (χ2n) is 3.35. The van der Waals surface area contributed by atoms with Gasteiger partial charge in [-0.3, -0.25) is 0 Å². The maximum absolute atomic E-state index is 8.68. The molecule has 0 aliphatic rings. The summed E-state index contributed by atoms with van der Waals surface area (Å²) in [5.74, 6) is 0.886. The summed E-state index contributed by atoms with van der Waals surface area (Å²) in [6.45, 7) is 2.39. The van der Waals surface area contributed by atoms with E-state index in [0.29, 0.717) is 6.54 Å². The molecule has 3 nitrogen and oxygen atoms in total. The van der Waals surface area contributed by atoms with Gasteiger partial charge in [-0.1, -0.05) is 12.1 Å². The zero-order chi connectivity index (χ0) is 10.8. The number of benzene rings is 1. The predicted molar refractivity (Wildman–Crippen MR) is 59.7 cm³/mol. The van der Waals surface area contributed by atoms with Gasteiger partial charge >= 0.3 is 0 Å². The molecule has 0 bridgehead atoms. The third-order valence-corrected chi connectivity index (χ3v) is 2.56. The predicted octanol–water partition coefficient (Wildman–Crippen LogP) is 2.48. The highest BCUT2D eigenvalue weighted by molar-refractivity contribution is 6.22. The first-order valence-corrected chi connectivity index (χ1v) is 5.11. The summed E-state index contributed by atoms with van der Waals surface area (Å²) >= 11 is 5.82. The first kappa shape index (κ1) is 10.0. The Morgan fingerprint density at radius 3 is 3.00 bits per heavy atom. The Morgan fingerprint density at radius 1 is 1.53 bits per heavy atom. The number of aryl methyl sites for hydroxylation is 1. The van der Waals surface area contributed by atoms with E-state index in [0.717, 1.165) is 16.9 Å². The van der Waals surface area contributed by atoms with E-state index in [-0.39, 0.29) is 0 Å². The van der Waals surface area contributed by atoms with Crippen molar-refractivity contribution >= 4 is 22.6 Å². The van der Waals surface area contributed by atoms with Crippen LogP contribution in [-0.4, -0.2) is 14.9 Å². The van der Waals surface area contributed by atoms with E-state index >= 15 is 0 Å². The Balaban J connectivity index is 2.50. The number of nitrogens with zero attached hydrogens (tertiary/aromatic N) is 3. The highest BCUT2D eigenvalue weighted by Crippen LogP contribution is 2.16. The lowest BCUT2D eigenvalue weighted by Crippen LogP contribution is -2.09. The van der Waals surface area contributed by atoms with Crippen molar-refractivity contribution in [3.63, 3.8) is 0 Å². The van der Waals surface area contributed by atoms with Crippen molar-refractivity contribution in [3.8, 4) is 6.07 Å². The lowest BCUT2D eigenvalue weighted by molar-refractivity contribution is 0.715. The van der Waals surface area contributed by atoms with Crippen molar-refractivity contribution in [2.24, 2.45) is 0 Å². The molecular weight excluding hydrogens is 210 g/mol. The van der Waals surface area contributed by atoms with Crippen molar-refractivity contribution in [2.75, 3.05) is 0 Å². The molecule has 2 aromatic rings. The monoisotopic (exact) mass is 219 g/mol. The Morgan fingerprint density at radius 2 is 2.27 bits per heavy atom. The fraction of sp³-hybridized carbons (Fsp3) is 0.273. The average Bonchev–Trinajstić information content (AvgIpc) is 2.55. The Bertz CT molecular complexity index is 524. The molecular formula is C11H10ClN3. The molecule has 1 unspecified atom stereocenters. The first-order chi connectivity index (χ1) is 7.22. The Hall–Kier alpha value is -1.53. The number of alkyl halides is 1. The van der Waals surface area contributed by atoms with E-state index in [1.54, 1.807) is 0 Å². The third-order valence-electron chi connectivity index (χ3n) is 2.33. The Labute approximate surface area is 92.9 Å². The SMILES string of the molecule is Cc1nc2ccccc2n1CC(Cl)C#N. The van der Waals surface area contributed by atoms with Crippen molar-refractivity contribution in [3.05, 3.63) is 30.1 Å². The van der Waals surface area contributed by atoms with E-state index in [2.05, 4.69) is 4.98 Å². The second kappa shape index (κ2) is 3.92. The fourth-order valence-corrected chi connectivity index (χ4v) is 1.77. The van der Waals surface area contributed by atoms with Crippen LogP contribution < -0.4 is 0 Å². The molecule has 1 heterocycles. The lowest BCUT2D eigenvalue weighted by atomic mass is 10.3. The van der Waals surface area contributed by atoms with Crippen molar-refractivity contribution < 1.29 is 0 Å². The molecule has 0 saturated carbocycles. The maximum atomic E-state index is 8.68. The van der Waals surface area contributed by atoms with Crippen LogP contribution in [-0.2, 0) is 6.54 Å². The molecule has 0 radical (unpaired) electrons. The molecule has 1 aromatic heterocycles. The molecule has 1 aromatic carbocycles. The highest BCUT2D eigenvalue weighted by atomic mass is 35.5. The van der Waals surface area contributed by atoms with E-state index in [1.807, 2.05) is 41.8 Å². The largest absolute Gasteiger partial charge is 0.326 e. The number of para-hydroxylation sites is 2. The van der Waals surface area contributed by atoms with Crippen LogP contribution in [0.5, 0.6) is 0 Å². The van der Waals surface area contributed by atoms with Gasteiger partial charge in [0.15, 0.2) is 0 Å². The normalized spacial score (nSPS) is 12.6. The third kappa shape index (κ3) is 1.81. The average molecular weight is 220 g/mol. The fourth-order valence-electron chi connectivity index (χ4n) is 1.63. The number of imidazole rings is 1. The van der Waals surface area contributed by atoms with Gasteiger partial charge in [0.05, 0.1) is 23.6 Å². The van der Waals surface area contributed by atoms with Crippen molar-refractivity contribution in [2.45, 2.75) is 18.8 Å². The minimum atomic E-state index is -0.513. The van der Waals surface area contributed by atoms with Gasteiger partial charge in [0.1, 0.15) is 11.2 Å². The zero-order valence-electron chi connectivity index (χ0n) is 8.31. The number of fused-ring (bicyclic) bond motifs is 1. The van der Waals surface area contributed by atoms with E-state index in [1.165, 1.54) is 0 Å². The second-order valence-corrected chi connectivity index (χ2v) is 3.88. The summed E-state index contributed by atoms with van der Waals surface area (Å²) < 4.78 is 1.97. The van der Waals surface area contributed by atoms with Crippen molar-refractivity contribution in [1.29, 1.82) is 5.26 Å². The molecule has 0 amide bonds. The van der Waals surface area contributed by atoms with Gasteiger partial charge in [0.2, 0.25) is 0 Å². The van der Waals surface area contributed by atoms with Gasteiger partial charge in [0, 0.05) is 0 Å². The van der Waals surface area contributed by atoms with E-state index < -0.39 is 5.38 Å². The standard InChI is InChI=1S/C11H10ClN3/c1-8-14-10-4-2-3-5-11(10)15(8)7-9(12)6-13/h2-5,9H,7H2,1H3. The van der Waals surface area contributed by atoms with Crippen LogP contribution in [0.1, 0.15) is 5.82 Å².